The first kappa shape index (κ1) is 18.6. The second-order valence-corrected chi connectivity index (χ2v) is 7.37. The summed E-state index contributed by atoms with van der Waals surface area (Å²) in [5.41, 5.74) is -0.973. The average Bonchev–Trinajstić information content (AvgIpc) is 2.38. The highest BCUT2D eigenvalue weighted by Crippen LogP contribution is 2.31. The van der Waals surface area contributed by atoms with Gasteiger partial charge in [0.2, 0.25) is 0 Å². The van der Waals surface area contributed by atoms with Gasteiger partial charge in [-0.25, -0.2) is 0 Å². The lowest BCUT2D eigenvalue weighted by Gasteiger charge is -2.29. The van der Waals surface area contributed by atoms with Crippen molar-refractivity contribution in [1.82, 2.24) is 0 Å². The van der Waals surface area contributed by atoms with Gasteiger partial charge in [0.15, 0.2) is 5.72 Å². The number of aliphatic hydroxyl groups is 1. The number of hydrogen-bond acceptors (Lipinski definition) is 3. The summed E-state index contributed by atoms with van der Waals surface area (Å²) < 4.78 is 0. The minimum absolute atomic E-state index is 0.271. The summed E-state index contributed by atoms with van der Waals surface area (Å²) in [6.45, 7) is 6.82. The zero-order valence-electron chi connectivity index (χ0n) is 14.5. The second-order valence-electron chi connectivity index (χ2n) is 7.37. The van der Waals surface area contributed by atoms with Crippen molar-refractivity contribution >= 4 is 0 Å². The summed E-state index contributed by atoms with van der Waals surface area (Å²) >= 11 is 0. The van der Waals surface area contributed by atoms with Crippen molar-refractivity contribution in [3.63, 3.8) is 0 Å². The normalized spacial score (nSPS) is 23.7. The maximum atomic E-state index is 10.7. The molecule has 1 fully saturated rings. The van der Waals surface area contributed by atoms with Crippen molar-refractivity contribution in [2.75, 3.05) is 6.54 Å². The zero-order chi connectivity index (χ0) is 15.6. The SMILES string of the molecule is CC(C)C/N=N/C(C)(O)C1CCCCCCCCCCC1. The molecule has 0 amide bonds. The van der Waals surface area contributed by atoms with E-state index in [4.69, 9.17) is 0 Å². The maximum absolute atomic E-state index is 10.7. The molecule has 21 heavy (non-hydrogen) atoms. The Morgan fingerprint density at radius 3 is 1.76 bits per heavy atom. The van der Waals surface area contributed by atoms with Crippen LogP contribution in [0.2, 0.25) is 0 Å². The molecule has 1 N–H and O–H groups in total. The molecule has 124 valence electrons. The lowest BCUT2D eigenvalue weighted by atomic mass is 9.86. The summed E-state index contributed by atoms with van der Waals surface area (Å²) in [7, 11) is 0. The lowest BCUT2D eigenvalue weighted by Crippen LogP contribution is -2.32. The lowest BCUT2D eigenvalue weighted by molar-refractivity contribution is -0.00959. The fourth-order valence-corrected chi connectivity index (χ4v) is 3.14. The molecule has 0 aromatic carbocycles. The maximum Gasteiger partial charge on any atom is 0.176 e. The van der Waals surface area contributed by atoms with Gasteiger partial charge in [0.05, 0.1) is 6.54 Å². The van der Waals surface area contributed by atoms with Crippen molar-refractivity contribution in [2.45, 2.75) is 97.1 Å². The van der Waals surface area contributed by atoms with E-state index in [2.05, 4.69) is 24.1 Å². The Morgan fingerprint density at radius 1 is 0.905 bits per heavy atom. The van der Waals surface area contributed by atoms with E-state index in [1.54, 1.807) is 0 Å². The Morgan fingerprint density at radius 2 is 1.33 bits per heavy atom. The average molecular weight is 296 g/mol. The number of rotatable bonds is 4. The van der Waals surface area contributed by atoms with Gasteiger partial charge in [0, 0.05) is 5.92 Å². The van der Waals surface area contributed by atoms with Gasteiger partial charge in [-0.2, -0.15) is 10.2 Å². The Bertz CT molecular complexity index is 275. The van der Waals surface area contributed by atoms with Crippen molar-refractivity contribution in [2.24, 2.45) is 22.1 Å². The molecule has 1 aliphatic rings. The first-order valence-electron chi connectivity index (χ1n) is 9.13. The standard InChI is InChI=1S/C18H36N2O/c1-16(2)15-19-20-18(3,21)17-13-11-9-7-5-4-6-8-10-12-14-17/h16-17,21H,4-15H2,1-3H3/b20-19+. The second kappa shape index (κ2) is 10.3. The predicted molar refractivity (Wildman–Crippen MR) is 89.5 cm³/mol. The van der Waals surface area contributed by atoms with E-state index in [0.717, 1.165) is 12.8 Å². The zero-order valence-corrected chi connectivity index (χ0v) is 14.5. The third kappa shape index (κ3) is 8.55. The van der Waals surface area contributed by atoms with E-state index < -0.39 is 5.72 Å². The highest BCUT2D eigenvalue weighted by atomic mass is 16.3. The van der Waals surface area contributed by atoms with Crippen LogP contribution >= 0.6 is 0 Å². The first-order chi connectivity index (χ1) is 10.0. The molecular formula is C18H36N2O. The van der Waals surface area contributed by atoms with Crippen molar-refractivity contribution in [1.29, 1.82) is 0 Å². The monoisotopic (exact) mass is 296 g/mol. The molecule has 1 rings (SSSR count). The van der Waals surface area contributed by atoms with Crippen LogP contribution < -0.4 is 0 Å². The number of hydrogen-bond donors (Lipinski definition) is 1. The molecule has 0 bridgehead atoms. The van der Waals surface area contributed by atoms with Gasteiger partial charge >= 0.3 is 0 Å². The van der Waals surface area contributed by atoms with Crippen LogP contribution in [0.4, 0.5) is 0 Å². The number of nitrogens with zero attached hydrogens (tertiary/aromatic N) is 2. The van der Waals surface area contributed by atoms with Gasteiger partial charge in [0.1, 0.15) is 0 Å². The quantitative estimate of drug-likeness (QED) is 0.662. The molecule has 3 nitrogen and oxygen atoms in total. The van der Waals surface area contributed by atoms with Crippen molar-refractivity contribution in [3.05, 3.63) is 0 Å². The van der Waals surface area contributed by atoms with Gasteiger partial charge in [-0.3, -0.25) is 0 Å². The van der Waals surface area contributed by atoms with Gasteiger partial charge < -0.3 is 5.11 Å². The molecule has 3 heteroatoms. The van der Waals surface area contributed by atoms with Crippen LogP contribution in [0.15, 0.2) is 10.2 Å². The molecule has 0 heterocycles. The molecule has 0 saturated heterocycles. The molecule has 1 saturated carbocycles. The summed E-state index contributed by atoms with van der Waals surface area (Å²) in [4.78, 5) is 0. The topological polar surface area (TPSA) is 45.0 Å². The Kier molecular flexibility index (Phi) is 9.14. The molecule has 1 aliphatic carbocycles. The molecule has 0 aliphatic heterocycles. The summed E-state index contributed by atoms with van der Waals surface area (Å²) in [5.74, 6) is 0.772. The molecule has 0 spiro atoms. The van der Waals surface area contributed by atoms with Crippen LogP contribution in [0.25, 0.3) is 0 Å². The first-order valence-corrected chi connectivity index (χ1v) is 9.13. The van der Waals surface area contributed by atoms with E-state index in [-0.39, 0.29) is 5.92 Å². The van der Waals surface area contributed by atoms with Gasteiger partial charge in [-0.05, 0) is 25.7 Å². The minimum Gasteiger partial charge on any atom is -0.368 e. The summed E-state index contributed by atoms with van der Waals surface area (Å²) in [5, 5.41) is 19.2. The Labute approximate surface area is 131 Å². The summed E-state index contributed by atoms with van der Waals surface area (Å²) in [6, 6.07) is 0. The van der Waals surface area contributed by atoms with Gasteiger partial charge in [-0.15, -0.1) is 0 Å². The third-order valence-electron chi connectivity index (χ3n) is 4.60. The van der Waals surface area contributed by atoms with E-state index in [9.17, 15) is 5.11 Å². The largest absolute Gasteiger partial charge is 0.368 e. The Balaban J connectivity index is 2.53. The van der Waals surface area contributed by atoms with Crippen LogP contribution in [0, 0.1) is 11.8 Å². The minimum atomic E-state index is -0.973. The van der Waals surface area contributed by atoms with E-state index in [1.807, 2.05) is 6.92 Å². The highest BCUT2D eigenvalue weighted by Gasteiger charge is 2.31. The fourth-order valence-electron chi connectivity index (χ4n) is 3.14. The molecule has 0 radical (unpaired) electrons. The predicted octanol–water partition coefficient (Wildman–Crippen LogP) is 5.72. The van der Waals surface area contributed by atoms with Crippen LogP contribution in [-0.4, -0.2) is 17.4 Å². The van der Waals surface area contributed by atoms with E-state index in [0.29, 0.717) is 12.5 Å². The Hall–Kier alpha value is -0.440. The van der Waals surface area contributed by atoms with E-state index in [1.165, 1.54) is 57.8 Å². The third-order valence-corrected chi connectivity index (χ3v) is 4.60. The molecular weight excluding hydrogens is 260 g/mol. The van der Waals surface area contributed by atoms with Crippen molar-refractivity contribution in [3.8, 4) is 0 Å². The molecule has 1 unspecified atom stereocenters. The van der Waals surface area contributed by atoms with Gasteiger partial charge in [-0.1, -0.05) is 71.6 Å². The van der Waals surface area contributed by atoms with E-state index >= 15 is 0 Å². The fraction of sp³-hybridized carbons (Fsp3) is 1.00. The van der Waals surface area contributed by atoms with Crippen LogP contribution in [0.5, 0.6) is 0 Å². The van der Waals surface area contributed by atoms with Gasteiger partial charge in [0.25, 0.3) is 0 Å². The molecule has 0 aromatic heterocycles. The van der Waals surface area contributed by atoms with Crippen LogP contribution in [0.3, 0.4) is 0 Å². The molecule has 0 aromatic rings. The highest BCUT2D eigenvalue weighted by molar-refractivity contribution is 4.79. The summed E-state index contributed by atoms with van der Waals surface area (Å²) in [6.07, 6.45) is 14.1. The van der Waals surface area contributed by atoms with Crippen molar-refractivity contribution < 1.29 is 5.11 Å². The molecule has 1 atom stereocenters. The van der Waals surface area contributed by atoms with Crippen LogP contribution in [0.1, 0.15) is 91.4 Å². The van der Waals surface area contributed by atoms with Crippen LogP contribution in [-0.2, 0) is 0 Å². The number of azo groups is 1. The smallest absolute Gasteiger partial charge is 0.176 e.